The molecule has 3 N–H and O–H groups in total. The normalized spacial score (nSPS) is 17.4. The van der Waals surface area contributed by atoms with Gasteiger partial charge in [-0.05, 0) is 51.8 Å². The highest BCUT2D eigenvalue weighted by molar-refractivity contribution is 5.93. The molecule has 3 heterocycles. The van der Waals surface area contributed by atoms with Gasteiger partial charge in [0.05, 0.1) is 11.4 Å². The van der Waals surface area contributed by atoms with Crippen LogP contribution < -0.4 is 10.6 Å². The van der Waals surface area contributed by atoms with Crippen LogP contribution >= 0.6 is 12.4 Å². The zero-order valence-corrected chi connectivity index (χ0v) is 15.2. The van der Waals surface area contributed by atoms with Gasteiger partial charge in [0.2, 0.25) is 0 Å². The van der Waals surface area contributed by atoms with Crippen molar-refractivity contribution in [1.82, 2.24) is 30.6 Å². The van der Waals surface area contributed by atoms with E-state index in [0.29, 0.717) is 18.2 Å². The van der Waals surface area contributed by atoms with Crippen LogP contribution in [0.3, 0.4) is 0 Å². The van der Waals surface area contributed by atoms with Gasteiger partial charge in [0.15, 0.2) is 0 Å². The van der Waals surface area contributed by atoms with Crippen LogP contribution in [0.4, 0.5) is 0 Å². The molecule has 2 aromatic heterocycles. The third-order valence-electron chi connectivity index (χ3n) is 4.54. The van der Waals surface area contributed by atoms with Crippen molar-refractivity contribution in [2.75, 3.05) is 19.6 Å². The fourth-order valence-electron chi connectivity index (χ4n) is 3.14. The summed E-state index contributed by atoms with van der Waals surface area (Å²) in [6.07, 6.45) is 2.34. The molecule has 0 aromatic carbocycles. The number of piperidine rings is 1. The summed E-state index contributed by atoms with van der Waals surface area (Å²) < 4.78 is 1.83. The molecule has 1 atom stereocenters. The van der Waals surface area contributed by atoms with Gasteiger partial charge in [0.1, 0.15) is 5.69 Å². The highest BCUT2D eigenvalue weighted by Gasteiger charge is 2.18. The molecule has 1 amide bonds. The van der Waals surface area contributed by atoms with Crippen molar-refractivity contribution in [3.05, 3.63) is 23.1 Å². The Kier molecular flexibility index (Phi) is 6.01. The summed E-state index contributed by atoms with van der Waals surface area (Å²) in [6.45, 7) is 6.71. The number of carbonyl (C=O) groups excluding carboxylic acids is 1. The van der Waals surface area contributed by atoms with Gasteiger partial charge in [-0.15, -0.1) is 12.4 Å². The van der Waals surface area contributed by atoms with E-state index in [4.69, 9.17) is 0 Å². The second-order valence-electron chi connectivity index (χ2n) is 6.26. The lowest BCUT2D eigenvalue weighted by molar-refractivity contribution is 0.0940. The molecular weight excluding hydrogens is 328 g/mol. The van der Waals surface area contributed by atoms with Crippen LogP contribution in [0.25, 0.3) is 11.3 Å². The maximum Gasteiger partial charge on any atom is 0.269 e. The molecule has 0 radical (unpaired) electrons. The molecule has 1 aliphatic rings. The van der Waals surface area contributed by atoms with Crippen molar-refractivity contribution in [3.8, 4) is 11.3 Å². The Morgan fingerprint density at radius 2 is 2.25 bits per heavy atom. The fraction of sp³-hybridized carbons (Fsp3) is 0.562. The number of aromatic nitrogens is 4. The summed E-state index contributed by atoms with van der Waals surface area (Å²) in [5.41, 5.74) is 4.19. The Balaban J connectivity index is 0.00000208. The lowest BCUT2D eigenvalue weighted by atomic mass is 10.00. The number of nitrogens with one attached hydrogen (secondary N) is 3. The van der Waals surface area contributed by atoms with Gasteiger partial charge in [-0.2, -0.15) is 10.2 Å². The standard InChI is InChI=1S/C16H24N6O.ClH/c1-10-15(11(2)22(3)21-10)13-7-14(20-19-13)16(23)18-9-12-5-4-6-17-8-12;/h7,12,17H,4-6,8-9H2,1-3H3,(H,18,23)(H,19,20);1H. The van der Waals surface area contributed by atoms with Crippen molar-refractivity contribution in [3.63, 3.8) is 0 Å². The molecule has 1 unspecified atom stereocenters. The Bertz CT molecular complexity index is 701. The van der Waals surface area contributed by atoms with Crippen molar-refractivity contribution in [1.29, 1.82) is 0 Å². The van der Waals surface area contributed by atoms with Gasteiger partial charge in [-0.3, -0.25) is 14.6 Å². The van der Waals surface area contributed by atoms with Crippen LogP contribution in [-0.4, -0.2) is 45.5 Å². The predicted molar refractivity (Wildman–Crippen MR) is 95.4 cm³/mol. The first-order valence-electron chi connectivity index (χ1n) is 8.11. The largest absolute Gasteiger partial charge is 0.350 e. The number of aromatic amines is 1. The first kappa shape index (κ1) is 18.5. The van der Waals surface area contributed by atoms with Crippen LogP contribution in [0.2, 0.25) is 0 Å². The van der Waals surface area contributed by atoms with Gasteiger partial charge < -0.3 is 10.6 Å². The second-order valence-corrected chi connectivity index (χ2v) is 6.26. The van der Waals surface area contributed by atoms with Gasteiger partial charge in [0.25, 0.3) is 5.91 Å². The van der Waals surface area contributed by atoms with Crippen LogP contribution in [0.15, 0.2) is 6.07 Å². The van der Waals surface area contributed by atoms with Gasteiger partial charge in [-0.1, -0.05) is 0 Å². The number of rotatable bonds is 4. The molecule has 8 heteroatoms. The fourth-order valence-corrected chi connectivity index (χ4v) is 3.14. The van der Waals surface area contributed by atoms with E-state index in [1.165, 1.54) is 6.42 Å². The number of hydrogen-bond acceptors (Lipinski definition) is 4. The Labute approximate surface area is 148 Å². The summed E-state index contributed by atoms with van der Waals surface area (Å²) in [7, 11) is 1.91. The minimum Gasteiger partial charge on any atom is -0.350 e. The van der Waals surface area contributed by atoms with E-state index in [2.05, 4.69) is 25.9 Å². The summed E-state index contributed by atoms with van der Waals surface area (Å²) in [5.74, 6) is 0.409. The lowest BCUT2D eigenvalue weighted by Crippen LogP contribution is -2.38. The highest BCUT2D eigenvalue weighted by atomic mass is 35.5. The van der Waals surface area contributed by atoms with E-state index in [1.807, 2.05) is 25.6 Å². The van der Waals surface area contributed by atoms with Crippen LogP contribution in [0, 0.1) is 19.8 Å². The molecule has 0 spiro atoms. The van der Waals surface area contributed by atoms with E-state index >= 15 is 0 Å². The van der Waals surface area contributed by atoms with Gasteiger partial charge in [0, 0.05) is 24.8 Å². The first-order valence-corrected chi connectivity index (χ1v) is 8.11. The van der Waals surface area contributed by atoms with Crippen LogP contribution in [0.1, 0.15) is 34.7 Å². The molecule has 0 saturated carbocycles. The number of halogens is 1. The summed E-state index contributed by atoms with van der Waals surface area (Å²) in [6, 6.07) is 1.80. The number of H-pyrrole nitrogens is 1. The quantitative estimate of drug-likeness (QED) is 0.779. The number of hydrogen-bond donors (Lipinski definition) is 3. The Hall–Kier alpha value is -1.86. The smallest absolute Gasteiger partial charge is 0.269 e. The summed E-state index contributed by atoms with van der Waals surface area (Å²) in [4.78, 5) is 12.3. The second kappa shape index (κ2) is 7.81. The number of carbonyl (C=O) groups is 1. The average molecular weight is 353 g/mol. The molecule has 1 fully saturated rings. The summed E-state index contributed by atoms with van der Waals surface area (Å²) >= 11 is 0. The molecule has 0 aliphatic carbocycles. The molecule has 7 nitrogen and oxygen atoms in total. The lowest BCUT2D eigenvalue weighted by Gasteiger charge is -2.22. The zero-order valence-electron chi connectivity index (χ0n) is 14.3. The highest BCUT2D eigenvalue weighted by Crippen LogP contribution is 2.25. The van der Waals surface area contributed by atoms with E-state index in [1.54, 1.807) is 6.07 Å². The summed E-state index contributed by atoms with van der Waals surface area (Å²) in [5, 5.41) is 17.9. The molecule has 0 bridgehead atoms. The third kappa shape index (κ3) is 3.79. The first-order chi connectivity index (χ1) is 11.1. The SMILES string of the molecule is Cc1nn(C)c(C)c1-c1cc(C(=O)NCC2CCCNC2)[nH]n1.Cl. The molecule has 1 aliphatic heterocycles. The monoisotopic (exact) mass is 352 g/mol. The Morgan fingerprint density at radius 1 is 1.46 bits per heavy atom. The molecule has 132 valence electrons. The van der Waals surface area contributed by atoms with E-state index in [-0.39, 0.29) is 18.3 Å². The van der Waals surface area contributed by atoms with Crippen molar-refractivity contribution in [2.45, 2.75) is 26.7 Å². The number of aryl methyl sites for hydroxylation is 2. The molecule has 1 saturated heterocycles. The molecule has 2 aromatic rings. The molecule has 3 rings (SSSR count). The van der Waals surface area contributed by atoms with Gasteiger partial charge in [-0.25, -0.2) is 0 Å². The third-order valence-corrected chi connectivity index (χ3v) is 4.54. The number of amides is 1. The minimum absolute atomic E-state index is 0. The zero-order chi connectivity index (χ0) is 16.4. The van der Waals surface area contributed by atoms with Gasteiger partial charge >= 0.3 is 0 Å². The van der Waals surface area contributed by atoms with E-state index < -0.39 is 0 Å². The van der Waals surface area contributed by atoms with Crippen molar-refractivity contribution < 1.29 is 4.79 Å². The maximum absolute atomic E-state index is 12.3. The molecule has 24 heavy (non-hydrogen) atoms. The molecular formula is C16H25ClN6O. The van der Waals surface area contributed by atoms with Crippen molar-refractivity contribution >= 4 is 18.3 Å². The topological polar surface area (TPSA) is 87.6 Å². The maximum atomic E-state index is 12.3. The predicted octanol–water partition coefficient (Wildman–Crippen LogP) is 1.58. The number of nitrogens with zero attached hydrogens (tertiary/aromatic N) is 3. The average Bonchev–Trinajstić information content (AvgIpc) is 3.11. The Morgan fingerprint density at radius 3 is 2.88 bits per heavy atom. The van der Waals surface area contributed by atoms with Crippen LogP contribution in [0.5, 0.6) is 0 Å². The van der Waals surface area contributed by atoms with E-state index in [0.717, 1.165) is 42.2 Å². The van der Waals surface area contributed by atoms with Crippen molar-refractivity contribution in [2.24, 2.45) is 13.0 Å². The minimum atomic E-state index is -0.103. The van der Waals surface area contributed by atoms with E-state index in [9.17, 15) is 4.79 Å². The van der Waals surface area contributed by atoms with Crippen LogP contribution in [-0.2, 0) is 7.05 Å².